The minimum Gasteiger partial charge on any atom is -0.376 e. The highest BCUT2D eigenvalue weighted by atomic mass is 32.3. The van der Waals surface area contributed by atoms with Gasteiger partial charge in [-0.1, -0.05) is 5.04 Å². The smallest absolute Gasteiger partial charge is 0.376 e. The van der Waals surface area contributed by atoms with Crippen LogP contribution in [0.25, 0.3) is 0 Å². The number of hydrogen-bond acceptors (Lipinski definition) is 25. The van der Waals surface area contributed by atoms with Gasteiger partial charge < -0.3 is 52.1 Å². The lowest BCUT2D eigenvalue weighted by atomic mass is 9.94. The van der Waals surface area contributed by atoms with E-state index in [9.17, 15) is 38.9 Å². The molecular weight excluding hydrogens is 861 g/mol. The molecule has 0 aromatic rings. The molecule has 0 aromatic heterocycles. The molecule has 0 spiro atoms. The first-order valence-electron chi connectivity index (χ1n) is 15.9. The minimum atomic E-state index is -5.14. The Bertz CT molecular complexity index is 1500. The second kappa shape index (κ2) is 22.3. The molecule has 0 aliphatic carbocycles. The van der Waals surface area contributed by atoms with Gasteiger partial charge in [0.15, 0.2) is 24.9 Å². The molecule has 4 N–H and O–H groups in total. The van der Waals surface area contributed by atoms with Gasteiger partial charge in [0.1, 0.15) is 73.2 Å². The molecule has 3 heterocycles. The molecule has 0 radical (unpaired) electrons. The summed E-state index contributed by atoms with van der Waals surface area (Å²) in [6.45, 7) is -1.12. The third kappa shape index (κ3) is 14.0. The Morgan fingerprint density at radius 3 is 1.20 bits per heavy atom. The average Bonchev–Trinajstić information content (AvgIpc) is 3.12. The molecule has 27 nitrogen and oxygen atoms in total. The van der Waals surface area contributed by atoms with E-state index in [1.54, 1.807) is 6.92 Å². The van der Waals surface area contributed by atoms with Crippen LogP contribution in [0, 0.1) is 0 Å². The van der Waals surface area contributed by atoms with Crippen molar-refractivity contribution in [3.8, 4) is 0 Å². The molecule has 3 aliphatic heterocycles. The predicted octanol–water partition coefficient (Wildman–Crippen LogP) is -2.09. The molecule has 9 unspecified atom stereocenters. The van der Waals surface area contributed by atoms with Gasteiger partial charge in [0, 0.05) is 42.7 Å². The van der Waals surface area contributed by atoms with Gasteiger partial charge in [0.25, 0.3) is 0 Å². The van der Waals surface area contributed by atoms with E-state index in [0.29, 0.717) is 0 Å². The van der Waals surface area contributed by atoms with E-state index in [-0.39, 0.29) is 12.3 Å². The molecule has 56 heavy (non-hydrogen) atoms. The number of ether oxygens (including phenoxy) is 11. The molecule has 3 rings (SSSR count). The summed E-state index contributed by atoms with van der Waals surface area (Å²) in [5, 5.41) is 12.0. The third-order valence-electron chi connectivity index (χ3n) is 8.62. The Morgan fingerprint density at radius 2 is 0.839 bits per heavy atom. The molecule has 31 heteroatoms. The normalized spacial score (nSPS) is 37.4. The van der Waals surface area contributed by atoms with Crippen LogP contribution < -0.4 is 0 Å². The summed E-state index contributed by atoms with van der Waals surface area (Å²) in [6, 6.07) is 0. The molecule has 3 saturated heterocycles. The van der Waals surface area contributed by atoms with Gasteiger partial charge in [-0.05, 0) is 6.92 Å². The average molecular weight is 907 g/mol. The summed E-state index contributed by atoms with van der Waals surface area (Å²) in [5.74, 6) is 0. The fourth-order valence-corrected chi connectivity index (χ4v) is 7.69. The van der Waals surface area contributed by atoms with E-state index >= 15 is 0 Å². The molecule has 15 atom stereocenters. The zero-order valence-electron chi connectivity index (χ0n) is 30.6. The van der Waals surface area contributed by atoms with Gasteiger partial charge >= 0.3 is 31.2 Å². The molecule has 0 amide bonds. The molecule has 3 aliphatic rings. The first-order chi connectivity index (χ1) is 26.3. The maximum atomic E-state index is 11.8. The van der Waals surface area contributed by atoms with Crippen LogP contribution in [0.4, 0.5) is 0 Å². The van der Waals surface area contributed by atoms with Crippen molar-refractivity contribution in [2.75, 3.05) is 62.5 Å². The van der Waals surface area contributed by atoms with Crippen LogP contribution >= 0.6 is 12.3 Å². The van der Waals surface area contributed by atoms with E-state index < -0.39 is 143 Å². The first-order valence-corrected chi connectivity index (χ1v) is 20.6. The zero-order chi connectivity index (χ0) is 42.0. The lowest BCUT2D eigenvalue weighted by molar-refractivity contribution is -0.435. The van der Waals surface area contributed by atoms with E-state index in [4.69, 9.17) is 61.5 Å². The van der Waals surface area contributed by atoms with Crippen molar-refractivity contribution in [3.63, 3.8) is 0 Å². The second-order valence-electron chi connectivity index (χ2n) is 11.8. The van der Waals surface area contributed by atoms with Crippen molar-refractivity contribution < 1.29 is 122 Å². The van der Waals surface area contributed by atoms with Gasteiger partial charge in [-0.25, -0.2) is 17.8 Å². The summed E-state index contributed by atoms with van der Waals surface area (Å²) in [6.07, 6.45) is -19.8. The van der Waals surface area contributed by atoms with Gasteiger partial charge in [0.05, 0.1) is 25.9 Å². The summed E-state index contributed by atoms with van der Waals surface area (Å²) < 4.78 is 185. The predicted molar refractivity (Wildman–Crippen MR) is 176 cm³/mol. The molecule has 332 valence electrons. The molecule has 0 bridgehead atoms. The van der Waals surface area contributed by atoms with Gasteiger partial charge in [-0.2, -0.15) is 25.3 Å². The second-order valence-corrected chi connectivity index (χ2v) is 15.5. The van der Waals surface area contributed by atoms with Crippen LogP contribution in [0.2, 0.25) is 0 Å². The minimum absolute atomic E-state index is 0.0645. The van der Waals surface area contributed by atoms with E-state index in [1.165, 1.54) is 42.7 Å². The lowest BCUT2D eigenvalue weighted by Crippen LogP contribution is -2.67. The maximum absolute atomic E-state index is 11.8. The Morgan fingerprint density at radius 1 is 0.500 bits per heavy atom. The monoisotopic (exact) mass is 906 g/mol. The topological polar surface area (TPSA) is 340 Å². The van der Waals surface area contributed by atoms with Crippen LogP contribution in [0.15, 0.2) is 0 Å². The van der Waals surface area contributed by atoms with E-state index in [0.717, 1.165) is 0 Å². The summed E-state index contributed by atoms with van der Waals surface area (Å²) in [7, 11) is -7.71. The largest absolute Gasteiger partial charge is 0.397 e. The highest BCUT2D eigenvalue weighted by Crippen LogP contribution is 2.37. The molecule has 0 saturated carbocycles. The SMILES string of the molecule is COC1C(OC)[C@H](OSOOO)C(COS(=O)(=O)O)O[C@@H]1O[C@@H]1C(COS(=O)(=O)O)O[C@H](O[C@@H]2C(COS(=O)(=O)O)O[C@H](C)C(OC)C2OC)C(OC)C1OC. The number of methoxy groups -OCH3 is 6. The Balaban J connectivity index is 2.04. The van der Waals surface area contributed by atoms with Crippen LogP contribution in [-0.4, -0.2) is 199 Å². The molecular formula is C25H46O27S4. The van der Waals surface area contributed by atoms with Gasteiger partial charge in [-0.3, -0.25) is 17.8 Å². The zero-order valence-corrected chi connectivity index (χ0v) is 33.9. The molecule has 3 fully saturated rings. The Kier molecular flexibility index (Phi) is 19.8. The van der Waals surface area contributed by atoms with Crippen molar-refractivity contribution in [3.05, 3.63) is 0 Å². The van der Waals surface area contributed by atoms with Crippen molar-refractivity contribution in [1.82, 2.24) is 0 Å². The Hall–Kier alpha value is -0.640. The van der Waals surface area contributed by atoms with Crippen molar-refractivity contribution >= 4 is 43.5 Å². The highest BCUT2D eigenvalue weighted by molar-refractivity contribution is 7.89. The number of rotatable bonds is 23. The summed E-state index contributed by atoms with van der Waals surface area (Å²) in [5.41, 5.74) is 0. The van der Waals surface area contributed by atoms with Gasteiger partial charge in [0.2, 0.25) is 0 Å². The summed E-state index contributed by atoms with van der Waals surface area (Å²) in [4.78, 5) is 0. The van der Waals surface area contributed by atoms with Crippen LogP contribution in [0.1, 0.15) is 6.92 Å². The van der Waals surface area contributed by atoms with Crippen molar-refractivity contribution in [2.45, 2.75) is 98.9 Å². The summed E-state index contributed by atoms with van der Waals surface area (Å²) >= 11 is 0.0645. The maximum Gasteiger partial charge on any atom is 0.397 e. The Labute approximate surface area is 326 Å². The molecule has 0 aromatic carbocycles. The highest BCUT2D eigenvalue weighted by Gasteiger charge is 2.56. The first kappa shape index (κ1) is 49.7. The fourth-order valence-electron chi connectivity index (χ4n) is 6.39. The van der Waals surface area contributed by atoms with E-state index in [1.807, 2.05) is 0 Å². The van der Waals surface area contributed by atoms with Gasteiger partial charge in [-0.15, -0.1) is 4.33 Å². The lowest BCUT2D eigenvalue weighted by Gasteiger charge is -2.50. The number of hydrogen-bond donors (Lipinski definition) is 4. The van der Waals surface area contributed by atoms with Crippen LogP contribution in [-0.2, 0) is 109 Å². The standard InChI is InChI=1S/C25H46O27S4/c1-11-15(36-2)19(37-3)16(12(45-11)8-42-54(27,28)29)48-24-22(40-6)20(38-4)17(13(46-24)9-43-55(30,31)32)49-25-23(41-7)21(39-5)18(50-53-52-51-26)14(47-25)10-44-56(33,34)35/h11-26H,8-10H2,1-7H3,(H,27,28,29)(H,30,31,32)(H,33,34,35)/t11-,12?,13?,14?,15?,16-,17-,18-,19?,20?,21?,22?,23?,24-,25-/m1/s1. The third-order valence-corrected chi connectivity index (χ3v) is 10.3. The quantitative estimate of drug-likeness (QED) is 0.0281. The van der Waals surface area contributed by atoms with Crippen molar-refractivity contribution in [2.24, 2.45) is 0 Å². The van der Waals surface area contributed by atoms with Crippen LogP contribution in [0.3, 0.4) is 0 Å². The van der Waals surface area contributed by atoms with Crippen molar-refractivity contribution in [1.29, 1.82) is 0 Å². The fraction of sp³-hybridized carbons (Fsp3) is 1.00. The van der Waals surface area contributed by atoms with Crippen LogP contribution in [0.5, 0.6) is 0 Å². The van der Waals surface area contributed by atoms with E-state index in [2.05, 4.69) is 21.9 Å².